The maximum absolute atomic E-state index is 11.5. The highest BCUT2D eigenvalue weighted by atomic mass is 79.9. The highest BCUT2D eigenvalue weighted by molar-refractivity contribution is 9.11. The van der Waals surface area contributed by atoms with Crippen LogP contribution in [0.4, 0.5) is 0 Å². The minimum atomic E-state index is -0.922. The second-order valence-electron chi connectivity index (χ2n) is 3.11. The Morgan fingerprint density at radius 1 is 1.67 bits per heavy atom. The van der Waals surface area contributed by atoms with Crippen molar-refractivity contribution in [1.82, 2.24) is 5.32 Å². The average Bonchev–Trinajstić information content (AvgIpc) is 2.49. The molecular formula is C9H10BrNO3S. The number of carboxylic acids is 1. The van der Waals surface area contributed by atoms with Crippen LogP contribution in [0, 0.1) is 0 Å². The van der Waals surface area contributed by atoms with Crippen LogP contribution in [0.3, 0.4) is 0 Å². The van der Waals surface area contributed by atoms with Gasteiger partial charge in [0.2, 0.25) is 0 Å². The third-order valence-corrected chi connectivity index (χ3v) is 3.19. The first-order chi connectivity index (χ1) is 6.99. The lowest BCUT2D eigenvalue weighted by Gasteiger charge is -2.10. The highest BCUT2D eigenvalue weighted by Gasteiger charge is 2.13. The van der Waals surface area contributed by atoms with E-state index in [1.54, 1.807) is 18.4 Å². The number of carboxylic acid groups (broad SMARTS) is 1. The quantitative estimate of drug-likeness (QED) is 0.893. The van der Waals surface area contributed by atoms with Gasteiger partial charge in [0.25, 0.3) is 5.91 Å². The molecular weight excluding hydrogens is 282 g/mol. The Morgan fingerprint density at radius 3 is 2.80 bits per heavy atom. The molecule has 0 spiro atoms. The molecule has 0 aliphatic rings. The van der Waals surface area contributed by atoms with E-state index in [0.29, 0.717) is 5.56 Å². The molecule has 0 saturated carbocycles. The third-order valence-electron chi connectivity index (χ3n) is 1.69. The summed E-state index contributed by atoms with van der Waals surface area (Å²) in [6.45, 7) is 1.66. The lowest BCUT2D eigenvalue weighted by Crippen LogP contribution is -2.33. The van der Waals surface area contributed by atoms with E-state index in [1.165, 1.54) is 11.3 Å². The molecule has 0 bridgehead atoms. The molecule has 1 atom stereocenters. The van der Waals surface area contributed by atoms with Gasteiger partial charge in [0.1, 0.15) is 0 Å². The topological polar surface area (TPSA) is 66.4 Å². The molecule has 1 unspecified atom stereocenters. The molecule has 0 saturated heterocycles. The summed E-state index contributed by atoms with van der Waals surface area (Å²) >= 11 is 4.66. The standard InChI is InChI=1S/C9H10BrNO3S/c1-5(2-8(12)13)11-9(14)6-3-7(10)15-4-6/h3-5H,2H2,1H3,(H,11,14)(H,12,13). The van der Waals surface area contributed by atoms with E-state index in [4.69, 9.17) is 5.11 Å². The van der Waals surface area contributed by atoms with Crippen molar-refractivity contribution in [2.75, 3.05) is 0 Å². The molecule has 1 rings (SSSR count). The maximum atomic E-state index is 11.5. The molecule has 1 amide bonds. The molecule has 4 nitrogen and oxygen atoms in total. The monoisotopic (exact) mass is 291 g/mol. The van der Waals surface area contributed by atoms with Gasteiger partial charge < -0.3 is 10.4 Å². The molecule has 0 aliphatic carbocycles. The second kappa shape index (κ2) is 5.27. The van der Waals surface area contributed by atoms with E-state index in [2.05, 4.69) is 21.2 Å². The van der Waals surface area contributed by atoms with Crippen molar-refractivity contribution in [2.24, 2.45) is 0 Å². The highest BCUT2D eigenvalue weighted by Crippen LogP contribution is 2.20. The maximum Gasteiger partial charge on any atom is 0.305 e. The van der Waals surface area contributed by atoms with Crippen molar-refractivity contribution in [1.29, 1.82) is 0 Å². The Hall–Kier alpha value is -0.880. The van der Waals surface area contributed by atoms with E-state index in [-0.39, 0.29) is 18.4 Å². The Balaban J connectivity index is 2.52. The minimum Gasteiger partial charge on any atom is -0.481 e. The fraction of sp³-hybridized carbons (Fsp3) is 0.333. The van der Waals surface area contributed by atoms with Crippen molar-refractivity contribution in [3.63, 3.8) is 0 Å². The summed E-state index contributed by atoms with van der Waals surface area (Å²) in [4.78, 5) is 21.9. The first kappa shape index (κ1) is 12.2. The summed E-state index contributed by atoms with van der Waals surface area (Å²) in [6.07, 6.45) is -0.0724. The van der Waals surface area contributed by atoms with Gasteiger partial charge in [0.15, 0.2) is 0 Å². The molecule has 1 aromatic rings. The molecule has 1 heterocycles. The predicted octanol–water partition coefficient (Wildman–Crippen LogP) is 2.10. The molecule has 15 heavy (non-hydrogen) atoms. The second-order valence-corrected chi connectivity index (χ2v) is 5.40. The molecule has 0 radical (unpaired) electrons. The smallest absolute Gasteiger partial charge is 0.305 e. The predicted molar refractivity (Wildman–Crippen MR) is 61.2 cm³/mol. The van der Waals surface area contributed by atoms with Crippen molar-refractivity contribution in [3.8, 4) is 0 Å². The van der Waals surface area contributed by atoms with Gasteiger partial charge in [-0.25, -0.2) is 0 Å². The third kappa shape index (κ3) is 4.01. The molecule has 82 valence electrons. The number of thiophene rings is 1. The summed E-state index contributed by atoms with van der Waals surface area (Å²) in [5, 5.41) is 12.8. The summed E-state index contributed by atoms with van der Waals surface area (Å²) < 4.78 is 0.874. The number of rotatable bonds is 4. The molecule has 0 aromatic carbocycles. The number of hydrogen-bond acceptors (Lipinski definition) is 3. The van der Waals surface area contributed by atoms with E-state index in [0.717, 1.165) is 3.79 Å². The first-order valence-electron chi connectivity index (χ1n) is 4.25. The van der Waals surface area contributed by atoms with Crippen LogP contribution in [-0.2, 0) is 4.79 Å². The number of hydrogen-bond donors (Lipinski definition) is 2. The van der Waals surface area contributed by atoms with Gasteiger partial charge in [-0.2, -0.15) is 0 Å². The average molecular weight is 292 g/mol. The molecule has 1 aromatic heterocycles. The number of nitrogens with one attached hydrogen (secondary N) is 1. The normalized spacial score (nSPS) is 12.1. The fourth-order valence-corrected chi connectivity index (χ4v) is 2.19. The van der Waals surface area contributed by atoms with E-state index >= 15 is 0 Å². The van der Waals surface area contributed by atoms with Gasteiger partial charge in [-0.3, -0.25) is 9.59 Å². The summed E-state index contributed by atoms with van der Waals surface area (Å²) in [5.41, 5.74) is 0.545. The van der Waals surface area contributed by atoms with E-state index < -0.39 is 5.97 Å². The van der Waals surface area contributed by atoms with Crippen molar-refractivity contribution in [3.05, 3.63) is 20.8 Å². The van der Waals surface area contributed by atoms with Gasteiger partial charge in [-0.15, -0.1) is 11.3 Å². The van der Waals surface area contributed by atoms with Gasteiger partial charge in [-0.05, 0) is 28.9 Å². The Labute approximate surface area is 99.4 Å². The molecule has 0 aliphatic heterocycles. The lowest BCUT2D eigenvalue weighted by atomic mass is 10.2. The minimum absolute atomic E-state index is 0.0724. The Bertz CT molecular complexity index is 377. The van der Waals surface area contributed by atoms with Crippen LogP contribution < -0.4 is 5.32 Å². The lowest BCUT2D eigenvalue weighted by molar-refractivity contribution is -0.137. The Kier molecular flexibility index (Phi) is 4.28. The zero-order chi connectivity index (χ0) is 11.4. The van der Waals surface area contributed by atoms with Gasteiger partial charge >= 0.3 is 5.97 Å². The van der Waals surface area contributed by atoms with Gasteiger partial charge in [0.05, 0.1) is 15.8 Å². The Morgan fingerprint density at radius 2 is 2.33 bits per heavy atom. The van der Waals surface area contributed by atoms with Crippen molar-refractivity contribution >= 4 is 39.1 Å². The van der Waals surface area contributed by atoms with Crippen LogP contribution in [0.5, 0.6) is 0 Å². The molecule has 2 N–H and O–H groups in total. The molecule has 6 heteroatoms. The molecule has 0 fully saturated rings. The fourth-order valence-electron chi connectivity index (χ4n) is 1.05. The SMILES string of the molecule is CC(CC(=O)O)NC(=O)c1csc(Br)c1. The first-order valence-corrected chi connectivity index (χ1v) is 5.93. The number of amides is 1. The van der Waals surface area contributed by atoms with E-state index in [9.17, 15) is 9.59 Å². The van der Waals surface area contributed by atoms with Crippen LogP contribution in [0.2, 0.25) is 0 Å². The zero-order valence-electron chi connectivity index (χ0n) is 7.99. The van der Waals surface area contributed by atoms with Crippen LogP contribution >= 0.6 is 27.3 Å². The van der Waals surface area contributed by atoms with E-state index in [1.807, 2.05) is 0 Å². The van der Waals surface area contributed by atoms with Crippen LogP contribution in [0.25, 0.3) is 0 Å². The number of halogens is 1. The van der Waals surface area contributed by atoms with Crippen LogP contribution in [0.15, 0.2) is 15.2 Å². The van der Waals surface area contributed by atoms with Crippen LogP contribution in [-0.4, -0.2) is 23.0 Å². The van der Waals surface area contributed by atoms with Crippen LogP contribution in [0.1, 0.15) is 23.7 Å². The van der Waals surface area contributed by atoms with Gasteiger partial charge in [-0.1, -0.05) is 0 Å². The van der Waals surface area contributed by atoms with Crippen molar-refractivity contribution in [2.45, 2.75) is 19.4 Å². The zero-order valence-corrected chi connectivity index (χ0v) is 10.4. The number of carbonyl (C=O) groups is 2. The number of carbonyl (C=O) groups excluding carboxylic acids is 1. The van der Waals surface area contributed by atoms with Gasteiger partial charge in [0, 0.05) is 11.4 Å². The van der Waals surface area contributed by atoms with Crippen molar-refractivity contribution < 1.29 is 14.7 Å². The number of aliphatic carboxylic acids is 1. The summed E-state index contributed by atoms with van der Waals surface area (Å²) in [5.74, 6) is -1.17. The largest absolute Gasteiger partial charge is 0.481 e. The summed E-state index contributed by atoms with van der Waals surface area (Å²) in [7, 11) is 0. The summed E-state index contributed by atoms with van der Waals surface area (Å²) in [6, 6.07) is 1.33.